The van der Waals surface area contributed by atoms with Crippen LogP contribution in [0.3, 0.4) is 0 Å². The van der Waals surface area contributed by atoms with Crippen molar-refractivity contribution in [2.75, 3.05) is 0 Å². The minimum absolute atomic E-state index is 0. The molecule has 0 N–H and O–H groups in total. The van der Waals surface area contributed by atoms with Crippen molar-refractivity contribution < 1.29 is 46.1 Å². The molecule has 0 heterocycles. The molecule has 0 atom stereocenters. The van der Waals surface area contributed by atoms with E-state index in [1.807, 2.05) is 8.85 Å². The molecule has 52 heavy (non-hydrogen) atoms. The van der Waals surface area contributed by atoms with E-state index in [0.717, 1.165) is 24.2 Å². The molecule has 4 aromatic carbocycles. The molecule has 6 aliphatic rings. The van der Waals surface area contributed by atoms with Gasteiger partial charge in [-0.25, -0.2) is 0 Å². The third kappa shape index (κ3) is 6.48. The van der Waals surface area contributed by atoms with Crippen molar-refractivity contribution in [2.45, 2.75) is 101 Å². The normalized spacial score (nSPS) is 24.1. The molecule has 4 bridgehead atoms. The van der Waals surface area contributed by atoms with Gasteiger partial charge in [0.15, 0.2) is 0 Å². The number of hydrogen-bond donors (Lipinski definition) is 0. The average Bonchev–Trinajstić information content (AvgIpc) is 3.70. The number of allylic oxidation sites excluding steroid dienone is 4. The van der Waals surface area contributed by atoms with Crippen LogP contribution in [0.25, 0.3) is 11.1 Å². The summed E-state index contributed by atoms with van der Waals surface area (Å²) in [6.07, 6.45) is 15.2. The summed E-state index contributed by atoms with van der Waals surface area (Å²) in [5.41, 5.74) is 14.4. The van der Waals surface area contributed by atoms with Crippen LogP contribution in [0.2, 0.25) is 0 Å². The van der Waals surface area contributed by atoms with Crippen LogP contribution in [-0.4, -0.2) is 3.21 Å². The first-order valence-electron chi connectivity index (χ1n) is 19.5. The van der Waals surface area contributed by atoms with Crippen LogP contribution >= 0.6 is 0 Å². The quantitative estimate of drug-likeness (QED) is 0.212. The second-order valence-electron chi connectivity index (χ2n) is 18.8. The molecule has 6 aliphatic carbocycles. The van der Waals surface area contributed by atoms with Crippen LogP contribution in [0.15, 0.2) is 118 Å². The SMILES string of the molecule is CC(C)(C)c1ccc2c(c1)[CH]([Zr+2]([C]1=C(C34CC5CC(CC(C5)C3)C4)C=CC1)=[C](c1ccccc1)c1ccccc1)c1cc(C(C)(C)C)ccc1-2.[Cl-].[Cl-]. The molecule has 4 aromatic rings. The Hall–Kier alpha value is -2.31. The molecular formula is C49H54Cl2Zr. The van der Waals surface area contributed by atoms with Gasteiger partial charge in [-0.3, -0.25) is 0 Å². The fraction of sp³-hybridized carbons (Fsp3) is 0.408. The van der Waals surface area contributed by atoms with E-state index in [9.17, 15) is 0 Å². The molecule has 0 aliphatic heterocycles. The van der Waals surface area contributed by atoms with Crippen LogP contribution in [0.1, 0.15) is 123 Å². The van der Waals surface area contributed by atoms with Crippen LogP contribution in [0.4, 0.5) is 0 Å². The average molecular weight is 805 g/mol. The van der Waals surface area contributed by atoms with Gasteiger partial charge in [0, 0.05) is 0 Å². The van der Waals surface area contributed by atoms with Crippen molar-refractivity contribution in [1.29, 1.82) is 0 Å². The maximum absolute atomic E-state index is 2.90. The van der Waals surface area contributed by atoms with Gasteiger partial charge in [-0.15, -0.1) is 0 Å². The minimum atomic E-state index is -2.90. The van der Waals surface area contributed by atoms with E-state index in [2.05, 4.69) is 151 Å². The summed E-state index contributed by atoms with van der Waals surface area (Å²) in [7, 11) is 0. The van der Waals surface area contributed by atoms with E-state index in [4.69, 9.17) is 0 Å². The zero-order valence-corrected chi connectivity index (χ0v) is 35.9. The monoisotopic (exact) mass is 802 g/mol. The molecule has 0 aromatic heterocycles. The molecule has 0 saturated heterocycles. The fourth-order valence-corrected chi connectivity index (χ4v) is 21.1. The van der Waals surface area contributed by atoms with Crippen molar-refractivity contribution in [3.05, 3.63) is 151 Å². The number of benzene rings is 4. The van der Waals surface area contributed by atoms with E-state index < -0.39 is 21.3 Å². The van der Waals surface area contributed by atoms with Crippen molar-refractivity contribution in [1.82, 2.24) is 0 Å². The number of rotatable bonds is 5. The largest absolute Gasteiger partial charge is 1.00 e. The van der Waals surface area contributed by atoms with Gasteiger partial charge in [0.25, 0.3) is 0 Å². The minimum Gasteiger partial charge on any atom is -1.00 e. The van der Waals surface area contributed by atoms with E-state index in [0.29, 0.717) is 9.04 Å². The molecule has 4 fully saturated rings. The summed E-state index contributed by atoms with van der Waals surface area (Å²) in [4.78, 5) is 0. The molecule has 3 heteroatoms. The van der Waals surface area contributed by atoms with Gasteiger partial charge in [-0.1, -0.05) is 0 Å². The first-order chi connectivity index (χ1) is 24.0. The Bertz CT molecular complexity index is 1930. The summed E-state index contributed by atoms with van der Waals surface area (Å²) in [5.74, 6) is 2.83. The van der Waals surface area contributed by atoms with Crippen molar-refractivity contribution in [2.24, 2.45) is 23.2 Å². The van der Waals surface area contributed by atoms with Gasteiger partial charge < -0.3 is 24.8 Å². The third-order valence-electron chi connectivity index (χ3n) is 13.3. The molecule has 10 rings (SSSR count). The van der Waals surface area contributed by atoms with E-state index in [1.165, 1.54) is 71.9 Å². The maximum Gasteiger partial charge on any atom is -1.00 e. The van der Waals surface area contributed by atoms with Crippen molar-refractivity contribution in [3.8, 4) is 11.1 Å². The predicted octanol–water partition coefficient (Wildman–Crippen LogP) is 6.68. The van der Waals surface area contributed by atoms with Gasteiger partial charge in [0.05, 0.1) is 0 Å². The Balaban J connectivity index is 0.00000210. The summed E-state index contributed by atoms with van der Waals surface area (Å²) < 4.78 is 4.03. The summed E-state index contributed by atoms with van der Waals surface area (Å²) in [5, 5.41) is 0. The van der Waals surface area contributed by atoms with Crippen LogP contribution in [0.5, 0.6) is 0 Å². The standard InChI is InChI=1S/C21H25.C15H19.C13H10.2ClH.Zr/c1-20(2,3)16-7-9-18-14(12-16)11-15-13-17(21(4,5)6)8-10-19(15)18;1-2-4-14(3-1)15-8-11-5-12(9-15)7-13(6-11)10-15;1-3-7-12(8-4-1)11-13-9-5-2-6-10-13;;;/h7-13H,1-6H3;1,3,11-13H,2,5-10H2;1-10H;2*1H;/q;;;;;+2/p-2. The number of hydrogen-bond acceptors (Lipinski definition) is 0. The Morgan fingerprint density at radius 1 is 0.596 bits per heavy atom. The summed E-state index contributed by atoms with van der Waals surface area (Å²) in [6.45, 7) is 14.4. The number of fused-ring (bicyclic) bond motifs is 3. The Morgan fingerprint density at radius 3 is 1.46 bits per heavy atom. The molecule has 0 nitrogen and oxygen atoms in total. The molecule has 0 unspecified atom stereocenters. The first kappa shape index (κ1) is 38.0. The van der Waals surface area contributed by atoms with Crippen LogP contribution < -0.4 is 24.8 Å². The molecule has 0 spiro atoms. The van der Waals surface area contributed by atoms with Crippen molar-refractivity contribution in [3.63, 3.8) is 0 Å². The third-order valence-corrected chi connectivity index (χ3v) is 21.8. The molecular weight excluding hydrogens is 751 g/mol. The second kappa shape index (κ2) is 14.1. The van der Waals surface area contributed by atoms with Gasteiger partial charge >= 0.3 is 311 Å². The molecule has 268 valence electrons. The molecule has 0 amide bonds. The van der Waals surface area contributed by atoms with E-state index >= 15 is 0 Å². The van der Waals surface area contributed by atoms with E-state index in [-0.39, 0.29) is 35.6 Å². The number of halogens is 2. The van der Waals surface area contributed by atoms with Gasteiger partial charge in [0.2, 0.25) is 0 Å². The summed E-state index contributed by atoms with van der Waals surface area (Å²) >= 11 is -2.90. The van der Waals surface area contributed by atoms with Gasteiger partial charge in [0.1, 0.15) is 0 Å². The van der Waals surface area contributed by atoms with Gasteiger partial charge in [-0.05, 0) is 0 Å². The Kier molecular flexibility index (Phi) is 10.3. The molecule has 4 saturated carbocycles. The van der Waals surface area contributed by atoms with Crippen molar-refractivity contribution >= 4 is 3.21 Å². The Labute approximate surface area is 333 Å². The van der Waals surface area contributed by atoms with E-state index in [1.54, 1.807) is 14.3 Å². The topological polar surface area (TPSA) is 0 Å². The fourth-order valence-electron chi connectivity index (χ4n) is 11.4. The zero-order chi connectivity index (χ0) is 34.4. The molecule has 0 radical (unpaired) electrons. The van der Waals surface area contributed by atoms with Crippen LogP contribution in [0, 0.1) is 23.2 Å². The Morgan fingerprint density at radius 2 is 1.04 bits per heavy atom. The smallest absolute Gasteiger partial charge is 1.00 e. The predicted molar refractivity (Wildman–Crippen MR) is 209 cm³/mol. The zero-order valence-electron chi connectivity index (χ0n) is 31.9. The maximum atomic E-state index is 2.69. The second-order valence-corrected chi connectivity index (χ2v) is 24.9. The van der Waals surface area contributed by atoms with Gasteiger partial charge in [-0.2, -0.15) is 0 Å². The first-order valence-corrected chi connectivity index (χ1v) is 23.4. The summed E-state index contributed by atoms with van der Waals surface area (Å²) in [6, 6.07) is 38.5. The van der Waals surface area contributed by atoms with Crippen LogP contribution in [-0.2, 0) is 32.1 Å².